The minimum atomic E-state index is 0.446. The zero-order valence-electron chi connectivity index (χ0n) is 8.74. The van der Waals surface area contributed by atoms with Gasteiger partial charge < -0.3 is 5.32 Å². The van der Waals surface area contributed by atoms with Gasteiger partial charge in [0.2, 0.25) is 0 Å². The van der Waals surface area contributed by atoms with Crippen LogP contribution in [0.2, 0.25) is 0 Å². The fourth-order valence-electron chi connectivity index (χ4n) is 1.91. The Bertz CT molecular complexity index is 517. The molecule has 0 saturated heterocycles. The van der Waals surface area contributed by atoms with Gasteiger partial charge in [-0.05, 0) is 29.7 Å². The summed E-state index contributed by atoms with van der Waals surface area (Å²) >= 11 is 0. The third-order valence-electron chi connectivity index (χ3n) is 2.73. The third kappa shape index (κ3) is 1.62. The molecule has 16 heavy (non-hydrogen) atoms. The van der Waals surface area contributed by atoms with E-state index < -0.39 is 0 Å². The van der Waals surface area contributed by atoms with Crippen molar-refractivity contribution in [1.82, 2.24) is 25.0 Å². The summed E-state index contributed by atoms with van der Waals surface area (Å²) in [6.45, 7) is 0. The molecule has 1 aliphatic carbocycles. The monoisotopic (exact) mass is 216 g/mol. The van der Waals surface area contributed by atoms with E-state index in [-0.39, 0.29) is 0 Å². The van der Waals surface area contributed by atoms with Crippen molar-refractivity contribution in [3.05, 3.63) is 24.5 Å². The first-order chi connectivity index (χ1) is 7.93. The summed E-state index contributed by atoms with van der Waals surface area (Å²) in [5, 5.41) is 14.8. The highest BCUT2D eigenvalue weighted by molar-refractivity contribution is 5.44. The smallest absolute Gasteiger partial charge is 0.199 e. The van der Waals surface area contributed by atoms with E-state index >= 15 is 0 Å². The van der Waals surface area contributed by atoms with E-state index in [1.807, 2.05) is 0 Å². The molecular weight excluding hydrogens is 204 g/mol. The molecule has 0 spiro atoms. The van der Waals surface area contributed by atoms with Crippen LogP contribution in [0.25, 0.3) is 5.65 Å². The highest BCUT2D eigenvalue weighted by Crippen LogP contribution is 2.16. The van der Waals surface area contributed by atoms with Crippen LogP contribution in [-0.2, 0) is 0 Å². The number of allylic oxidation sites excluding steroid dienone is 1. The van der Waals surface area contributed by atoms with Gasteiger partial charge in [-0.2, -0.15) is 4.52 Å². The van der Waals surface area contributed by atoms with Crippen molar-refractivity contribution in [2.75, 3.05) is 5.32 Å². The van der Waals surface area contributed by atoms with E-state index in [1.54, 1.807) is 16.9 Å². The van der Waals surface area contributed by atoms with Crippen molar-refractivity contribution < 1.29 is 0 Å². The molecular formula is C10H12N6. The fourth-order valence-corrected chi connectivity index (χ4v) is 1.91. The quantitative estimate of drug-likeness (QED) is 0.760. The summed E-state index contributed by atoms with van der Waals surface area (Å²) in [6, 6.07) is 0.446. The van der Waals surface area contributed by atoms with Crippen molar-refractivity contribution in [2.24, 2.45) is 0 Å². The molecule has 3 rings (SSSR count). The Morgan fingerprint density at radius 1 is 1.31 bits per heavy atom. The molecule has 1 N–H and O–H groups in total. The zero-order valence-corrected chi connectivity index (χ0v) is 8.74. The molecule has 6 nitrogen and oxygen atoms in total. The number of aromatic nitrogens is 5. The summed E-state index contributed by atoms with van der Waals surface area (Å²) in [4.78, 5) is 4.11. The van der Waals surface area contributed by atoms with E-state index in [4.69, 9.17) is 0 Å². The molecule has 0 bridgehead atoms. The van der Waals surface area contributed by atoms with Crippen LogP contribution in [0.3, 0.4) is 0 Å². The Kier molecular flexibility index (Phi) is 2.25. The largest absolute Gasteiger partial charge is 0.366 e. The second kappa shape index (κ2) is 3.88. The molecule has 0 radical (unpaired) electrons. The average Bonchev–Trinajstić information content (AvgIpc) is 2.80. The maximum absolute atomic E-state index is 4.11. The van der Waals surface area contributed by atoms with Crippen molar-refractivity contribution in [3.8, 4) is 0 Å². The first-order valence-corrected chi connectivity index (χ1v) is 5.37. The minimum absolute atomic E-state index is 0.446. The molecule has 82 valence electrons. The van der Waals surface area contributed by atoms with Gasteiger partial charge in [0.1, 0.15) is 0 Å². The van der Waals surface area contributed by atoms with Gasteiger partial charge in [-0.3, -0.25) is 4.98 Å². The molecule has 0 fully saturated rings. The normalized spacial score (nSPS) is 20.1. The molecule has 1 unspecified atom stereocenters. The summed E-state index contributed by atoms with van der Waals surface area (Å²) in [5.41, 5.74) is 0.663. The van der Waals surface area contributed by atoms with E-state index in [1.165, 1.54) is 0 Å². The molecule has 2 heterocycles. The van der Waals surface area contributed by atoms with E-state index in [9.17, 15) is 0 Å². The number of rotatable bonds is 2. The second-order valence-electron chi connectivity index (χ2n) is 3.87. The Hall–Kier alpha value is -1.98. The third-order valence-corrected chi connectivity index (χ3v) is 2.73. The number of nitrogens with zero attached hydrogens (tertiary/aromatic N) is 5. The molecule has 0 saturated carbocycles. The number of fused-ring (bicyclic) bond motifs is 1. The predicted molar refractivity (Wildman–Crippen MR) is 59.0 cm³/mol. The Morgan fingerprint density at radius 2 is 2.31 bits per heavy atom. The lowest BCUT2D eigenvalue weighted by Crippen LogP contribution is -2.22. The molecule has 2 aromatic rings. The first kappa shape index (κ1) is 9.26. The Morgan fingerprint density at radius 3 is 3.19 bits per heavy atom. The number of nitrogens with one attached hydrogen (secondary N) is 1. The molecule has 6 heteroatoms. The van der Waals surface area contributed by atoms with Gasteiger partial charge in [0, 0.05) is 6.04 Å². The van der Waals surface area contributed by atoms with Crippen molar-refractivity contribution >= 4 is 11.5 Å². The van der Waals surface area contributed by atoms with Gasteiger partial charge in [-0.15, -0.1) is 5.10 Å². The first-order valence-electron chi connectivity index (χ1n) is 5.37. The molecule has 1 aliphatic rings. The molecule has 2 aromatic heterocycles. The van der Waals surface area contributed by atoms with Crippen molar-refractivity contribution in [2.45, 2.75) is 25.3 Å². The lowest BCUT2D eigenvalue weighted by molar-refractivity contribution is 0.636. The molecule has 0 amide bonds. The highest BCUT2D eigenvalue weighted by Gasteiger charge is 2.12. The van der Waals surface area contributed by atoms with Gasteiger partial charge in [0.25, 0.3) is 0 Å². The van der Waals surface area contributed by atoms with Gasteiger partial charge in [0.05, 0.1) is 12.4 Å². The maximum Gasteiger partial charge on any atom is 0.199 e. The molecule has 1 atom stereocenters. The lowest BCUT2D eigenvalue weighted by Gasteiger charge is -2.20. The van der Waals surface area contributed by atoms with Gasteiger partial charge >= 0.3 is 0 Å². The lowest BCUT2D eigenvalue weighted by atomic mass is 10.0. The predicted octanol–water partition coefficient (Wildman–Crippen LogP) is 1.04. The van der Waals surface area contributed by atoms with Crippen LogP contribution >= 0.6 is 0 Å². The number of hydrogen-bond donors (Lipinski definition) is 1. The van der Waals surface area contributed by atoms with Crippen LogP contribution < -0.4 is 5.32 Å². The summed E-state index contributed by atoms with van der Waals surface area (Å²) in [6.07, 6.45) is 11.1. The van der Waals surface area contributed by atoms with Crippen molar-refractivity contribution in [3.63, 3.8) is 0 Å². The van der Waals surface area contributed by atoms with Crippen LogP contribution in [0.4, 0.5) is 5.82 Å². The van der Waals surface area contributed by atoms with Gasteiger partial charge in [-0.25, -0.2) is 0 Å². The van der Waals surface area contributed by atoms with E-state index in [2.05, 4.69) is 38.0 Å². The standard InChI is InChI=1S/C10H12N6/c1-2-4-8(5-3-1)12-9-6-11-7-10-13-14-15-16(9)10/h1-2,6-8,12H,3-5H2. The summed E-state index contributed by atoms with van der Waals surface area (Å²) in [5.74, 6) is 0.850. The fraction of sp³-hybridized carbons (Fsp3) is 0.400. The number of hydrogen-bond acceptors (Lipinski definition) is 5. The van der Waals surface area contributed by atoms with Gasteiger partial charge in [-0.1, -0.05) is 12.2 Å². The Labute approximate surface area is 92.4 Å². The molecule has 0 aliphatic heterocycles. The van der Waals surface area contributed by atoms with E-state index in [0.717, 1.165) is 25.1 Å². The number of tetrazole rings is 1. The molecule has 0 aromatic carbocycles. The van der Waals surface area contributed by atoms with Crippen LogP contribution in [0.15, 0.2) is 24.5 Å². The zero-order chi connectivity index (χ0) is 10.8. The van der Waals surface area contributed by atoms with Gasteiger partial charge in [0.15, 0.2) is 11.5 Å². The van der Waals surface area contributed by atoms with Crippen LogP contribution in [0.5, 0.6) is 0 Å². The van der Waals surface area contributed by atoms with E-state index in [0.29, 0.717) is 11.7 Å². The number of anilines is 1. The topological polar surface area (TPSA) is 68.0 Å². The average molecular weight is 216 g/mol. The SMILES string of the molecule is C1=CCC(Nc2cncc3nnnn23)CC1. The highest BCUT2D eigenvalue weighted by atomic mass is 15.5. The summed E-state index contributed by atoms with van der Waals surface area (Å²) < 4.78 is 1.67. The second-order valence-corrected chi connectivity index (χ2v) is 3.87. The van der Waals surface area contributed by atoms with Crippen LogP contribution in [0.1, 0.15) is 19.3 Å². The summed E-state index contributed by atoms with van der Waals surface area (Å²) in [7, 11) is 0. The maximum atomic E-state index is 4.11. The van der Waals surface area contributed by atoms with Crippen molar-refractivity contribution in [1.29, 1.82) is 0 Å². The van der Waals surface area contributed by atoms with Crippen LogP contribution in [-0.4, -0.2) is 31.1 Å². The minimum Gasteiger partial charge on any atom is -0.366 e. The van der Waals surface area contributed by atoms with Crippen LogP contribution in [0, 0.1) is 0 Å². The Balaban J connectivity index is 1.88.